The molecule has 0 spiro atoms. The summed E-state index contributed by atoms with van der Waals surface area (Å²) in [4.78, 5) is 25.2. The number of carbonyl (C=O) groups excluding carboxylic acids is 2. The van der Waals surface area contributed by atoms with E-state index in [-0.39, 0.29) is 11.8 Å². The van der Waals surface area contributed by atoms with Crippen LogP contribution < -0.4 is 9.80 Å². The zero-order valence-electron chi connectivity index (χ0n) is 7.77. The Morgan fingerprint density at radius 3 is 1.67 bits per heavy atom. The van der Waals surface area contributed by atoms with Gasteiger partial charge in [0.2, 0.25) is 16.8 Å². The largest absolute Gasteiger partial charge is 0.301 e. The van der Waals surface area contributed by atoms with E-state index in [4.69, 9.17) is 11.6 Å². The summed E-state index contributed by atoms with van der Waals surface area (Å²) in [6.45, 7) is 0.901. The Balaban J connectivity index is 1.98. The molecule has 2 aliphatic heterocycles. The van der Waals surface area contributed by atoms with E-state index < -0.39 is 0 Å². The van der Waals surface area contributed by atoms with Crippen molar-refractivity contribution in [3.63, 3.8) is 0 Å². The van der Waals surface area contributed by atoms with Crippen molar-refractivity contribution < 1.29 is 21.2 Å². The average molecular weight is 224 g/mol. The fourth-order valence-electron chi connectivity index (χ4n) is 1.55. The number of carbonyl (C=O) groups is 2. The van der Waals surface area contributed by atoms with Gasteiger partial charge in [0, 0.05) is 12.1 Å². The minimum atomic E-state index is 0.0960. The van der Waals surface area contributed by atoms with Crippen LogP contribution in [0.25, 0.3) is 0 Å². The van der Waals surface area contributed by atoms with E-state index in [1.54, 1.807) is 21.9 Å². The summed E-state index contributed by atoms with van der Waals surface area (Å²) in [6.07, 6.45) is 0. The summed E-state index contributed by atoms with van der Waals surface area (Å²) in [7, 11) is 0. The maximum atomic E-state index is 11.0. The Hall–Kier alpha value is -1.55. The van der Waals surface area contributed by atoms with Crippen molar-refractivity contribution in [2.24, 2.45) is 0 Å². The van der Waals surface area contributed by atoms with Crippen LogP contribution in [0.4, 0.5) is 11.4 Å². The van der Waals surface area contributed by atoms with Crippen molar-refractivity contribution in [1.82, 2.24) is 0 Å². The molecular weight excluding hydrogens is 216 g/mol. The molecule has 2 amide bonds. The first-order chi connectivity index (χ1) is 7.15. The number of amides is 2. The minimum absolute atomic E-state index is 0.0960. The van der Waals surface area contributed by atoms with Crippen LogP contribution >= 0.6 is 0 Å². The van der Waals surface area contributed by atoms with Gasteiger partial charge in [-0.25, -0.2) is 0 Å². The molecule has 2 saturated heterocycles. The van der Waals surface area contributed by atoms with Crippen LogP contribution in [-0.2, 0) is 9.59 Å². The van der Waals surface area contributed by atoms with Gasteiger partial charge in [-0.2, -0.15) is 0 Å². The zero-order valence-corrected chi connectivity index (χ0v) is 8.58. The van der Waals surface area contributed by atoms with E-state index in [2.05, 4.69) is 0 Å². The van der Waals surface area contributed by atoms with Crippen molar-refractivity contribution in [3.8, 4) is 0 Å². The normalized spacial score (nSPS) is 18.5. The molecule has 2 fully saturated rings. The number of nitrogens with zero attached hydrogens (tertiary/aromatic N) is 2. The molecule has 15 heavy (non-hydrogen) atoms. The summed E-state index contributed by atoms with van der Waals surface area (Å²) < 4.78 is 0. The van der Waals surface area contributed by atoms with Gasteiger partial charge in [0.05, 0.1) is 11.4 Å². The Kier molecular flexibility index (Phi) is 1.59. The summed E-state index contributed by atoms with van der Waals surface area (Å²) in [5, 5.41) is 0.655. The van der Waals surface area contributed by atoms with E-state index >= 15 is 0 Å². The highest BCUT2D eigenvalue weighted by molar-refractivity contribution is 6.14. The number of halogens is 1. The second-order valence-corrected chi connectivity index (χ2v) is 4.12. The molecule has 0 aliphatic carbocycles. The molecule has 0 saturated carbocycles. The second-order valence-electron chi connectivity index (χ2n) is 3.64. The third-order valence-corrected chi connectivity index (χ3v) is 2.72. The quantitative estimate of drug-likeness (QED) is 0.666. The first-order valence-electron chi connectivity index (χ1n) is 4.58. The first kappa shape index (κ1) is 8.73. The lowest BCUT2D eigenvalue weighted by Gasteiger charge is -2.03. The van der Waals surface area contributed by atoms with Gasteiger partial charge in [-0.1, -0.05) is 0 Å². The summed E-state index contributed by atoms with van der Waals surface area (Å²) >= 11 is 5.08. The van der Waals surface area contributed by atoms with Gasteiger partial charge in [0.1, 0.15) is 13.1 Å². The van der Waals surface area contributed by atoms with Crippen molar-refractivity contribution in [3.05, 3.63) is 23.2 Å². The number of anilines is 2. The molecule has 1 aromatic carbocycles. The molecule has 3 rings (SSSR count). The van der Waals surface area contributed by atoms with E-state index in [1.165, 1.54) is 0 Å². The predicted molar refractivity (Wildman–Crippen MR) is 51.7 cm³/mol. The van der Waals surface area contributed by atoms with E-state index in [9.17, 15) is 9.59 Å². The minimum Gasteiger partial charge on any atom is -0.301 e. The van der Waals surface area contributed by atoms with Gasteiger partial charge < -0.3 is 9.80 Å². The van der Waals surface area contributed by atoms with E-state index in [0.29, 0.717) is 18.1 Å². The molecular formula is C10H8ClN2O2+. The maximum absolute atomic E-state index is 11.0. The van der Waals surface area contributed by atoms with Crippen molar-refractivity contribution >= 4 is 23.2 Å². The number of benzene rings is 1. The van der Waals surface area contributed by atoms with Gasteiger partial charge in [-0.3, -0.25) is 9.59 Å². The average Bonchev–Trinajstić information content (AvgIpc) is 3.04. The highest BCUT2D eigenvalue weighted by atomic mass is 35.5. The molecule has 0 N–H and O–H groups in total. The summed E-state index contributed by atoms with van der Waals surface area (Å²) in [5.41, 5.74) is 1.59. The van der Waals surface area contributed by atoms with Crippen LogP contribution in [0.5, 0.6) is 0 Å². The zero-order chi connectivity index (χ0) is 10.6. The van der Waals surface area contributed by atoms with Gasteiger partial charge in [-0.05, 0) is 6.07 Å². The fourth-order valence-corrected chi connectivity index (χ4v) is 1.79. The third-order valence-electron chi connectivity index (χ3n) is 2.48. The van der Waals surface area contributed by atoms with Crippen LogP contribution in [0.3, 0.4) is 0 Å². The molecule has 2 heterocycles. The Bertz CT molecular complexity index is 446. The maximum Gasteiger partial charge on any atom is 0.247 e. The second kappa shape index (κ2) is 2.73. The topological polar surface area (TPSA) is 40.2 Å². The molecule has 4 nitrogen and oxygen atoms in total. The van der Waals surface area contributed by atoms with Crippen LogP contribution in [0.1, 0.15) is 0 Å². The Morgan fingerprint density at radius 2 is 1.33 bits per heavy atom. The Morgan fingerprint density at radius 1 is 0.933 bits per heavy atom. The van der Waals surface area contributed by atoms with Crippen molar-refractivity contribution in [2.75, 3.05) is 22.9 Å². The lowest BCUT2D eigenvalue weighted by molar-refractivity contribution is -0.288. The van der Waals surface area contributed by atoms with E-state index in [0.717, 1.165) is 11.4 Å². The molecule has 0 bridgehead atoms. The fraction of sp³-hybridized carbons (Fsp3) is 0.200. The molecule has 0 atom stereocenters. The lowest BCUT2D eigenvalue weighted by Crippen LogP contribution is -1.98. The van der Waals surface area contributed by atoms with Gasteiger partial charge in [0.25, 0.3) is 0 Å². The highest BCUT2D eigenvalue weighted by Crippen LogP contribution is 2.32. The highest BCUT2D eigenvalue weighted by Gasteiger charge is 2.36. The van der Waals surface area contributed by atoms with Crippen LogP contribution in [-0.4, -0.2) is 24.9 Å². The smallest absolute Gasteiger partial charge is 0.247 e. The van der Waals surface area contributed by atoms with Crippen molar-refractivity contribution in [2.45, 2.75) is 0 Å². The van der Waals surface area contributed by atoms with Crippen LogP contribution in [0.2, 0.25) is 5.02 Å². The van der Waals surface area contributed by atoms with E-state index in [1.807, 2.05) is 6.07 Å². The summed E-state index contributed by atoms with van der Waals surface area (Å²) in [6, 6.07) is 5.38. The molecule has 0 radical (unpaired) electrons. The van der Waals surface area contributed by atoms with Gasteiger partial charge in [0.15, 0.2) is 11.6 Å². The Labute approximate surface area is 91.0 Å². The van der Waals surface area contributed by atoms with Crippen LogP contribution in [0.15, 0.2) is 18.2 Å². The number of rotatable bonds is 2. The first-order valence-corrected chi connectivity index (χ1v) is 4.99. The van der Waals surface area contributed by atoms with Gasteiger partial charge >= 0.3 is 0 Å². The third kappa shape index (κ3) is 1.47. The predicted octanol–water partition coefficient (Wildman–Crippen LogP) is 0.0760. The summed E-state index contributed by atoms with van der Waals surface area (Å²) in [5.74, 6) is 0.192. The number of hydrogen-bond acceptors (Lipinski definition) is 2. The van der Waals surface area contributed by atoms with Crippen LogP contribution in [0, 0.1) is 11.6 Å². The molecule has 0 aromatic heterocycles. The molecule has 76 valence electrons. The SMILES string of the molecule is O=C1CN1c1cc([ClH+])cc(N2CC2=O)c1. The number of hydrogen-bond donors (Lipinski definition) is 0. The standard InChI is InChI=1S/C10H8ClN2O2/c11-6-1-7(12-4-9(12)14)3-8(2-6)13-5-10(13)15/h1-3,11H,4-5H2/q+1. The monoisotopic (exact) mass is 223 g/mol. The van der Waals surface area contributed by atoms with Crippen molar-refractivity contribution in [1.29, 1.82) is 0 Å². The molecule has 5 heteroatoms. The molecule has 0 unspecified atom stereocenters. The van der Waals surface area contributed by atoms with Gasteiger partial charge in [-0.15, -0.1) is 0 Å². The molecule has 2 aliphatic rings. The molecule has 1 aromatic rings. The lowest BCUT2D eigenvalue weighted by atomic mass is 10.2.